The molecule has 198 valence electrons. The number of hydrogen-bond donors (Lipinski definition) is 0. The average Bonchev–Trinajstić information content (AvgIpc) is 2.86. The lowest BCUT2D eigenvalue weighted by atomic mass is 9.89. The van der Waals surface area contributed by atoms with Crippen LogP contribution < -0.4 is 0 Å². The summed E-state index contributed by atoms with van der Waals surface area (Å²) >= 11 is 0. The van der Waals surface area contributed by atoms with Gasteiger partial charge in [0.25, 0.3) is 0 Å². The Morgan fingerprint density at radius 1 is 0.800 bits per heavy atom. The van der Waals surface area contributed by atoms with Crippen LogP contribution in [0, 0.1) is 0 Å². The van der Waals surface area contributed by atoms with Crippen LogP contribution in [0.15, 0.2) is 35.1 Å². The summed E-state index contributed by atoms with van der Waals surface area (Å²) in [6, 6.07) is 0. The predicted octanol–water partition coefficient (Wildman–Crippen LogP) is 6.25. The van der Waals surface area contributed by atoms with Gasteiger partial charge in [-0.15, -0.1) is 0 Å². The molecule has 1 heterocycles. The molecule has 0 saturated carbocycles. The molecule has 2 aliphatic rings. The van der Waals surface area contributed by atoms with Crippen molar-refractivity contribution in [2.75, 3.05) is 46.9 Å². The molecule has 1 saturated heterocycles. The van der Waals surface area contributed by atoms with E-state index in [2.05, 4.69) is 35.9 Å². The number of likely N-dealkylation sites (N-methyl/N-ethyl adjacent to an activating group) is 1. The van der Waals surface area contributed by atoms with Crippen LogP contribution in [0.25, 0.3) is 0 Å². The van der Waals surface area contributed by atoms with Gasteiger partial charge in [0.2, 0.25) is 5.78 Å². The normalized spacial score (nSPS) is 18.1. The van der Waals surface area contributed by atoms with Gasteiger partial charge in [-0.1, -0.05) is 70.4 Å². The molecule has 0 radical (unpaired) electrons. The topological polar surface area (TPSA) is 49.9 Å². The minimum absolute atomic E-state index is 0.0506. The quantitative estimate of drug-likeness (QED) is 0.130. The van der Waals surface area contributed by atoms with E-state index < -0.39 is 0 Å². The van der Waals surface area contributed by atoms with E-state index in [1.165, 1.54) is 83.8 Å². The third kappa shape index (κ3) is 11.3. The first kappa shape index (κ1) is 29.5. The number of unbranched alkanes of at least 4 members (excludes halogenated alkanes) is 11. The van der Waals surface area contributed by atoms with Crippen LogP contribution in [0.4, 0.5) is 0 Å². The Balaban J connectivity index is 1.66. The minimum Gasteiger partial charge on any atom is -0.493 e. The van der Waals surface area contributed by atoms with E-state index in [-0.39, 0.29) is 17.3 Å². The predicted molar refractivity (Wildman–Crippen MR) is 146 cm³/mol. The van der Waals surface area contributed by atoms with Crippen molar-refractivity contribution >= 4 is 11.6 Å². The molecule has 0 bridgehead atoms. The Bertz CT molecular complexity index is 730. The fraction of sp³-hybridized carbons (Fsp3) is 0.733. The zero-order valence-corrected chi connectivity index (χ0v) is 22.8. The standard InChI is InChI=1S/C30H50N2O3/c1-4-5-6-7-8-9-10-11-12-13-14-15-16-17-18-19-26-27(25-32-22-20-31(2)21-23-32)28(33)24-29(35-3)30(26)34/h9-10,24H,4-8,11-23,25H2,1-3H3/b10-9+. The average molecular weight is 487 g/mol. The lowest BCUT2D eigenvalue weighted by molar-refractivity contribution is -0.118. The number of nitrogens with zero attached hydrogens (tertiary/aromatic N) is 2. The SMILES string of the molecule is CCCCCC/C=C/CCCCCCCCCC1=C(CN2CCN(C)CC2)C(=O)C=C(OC)C1=O. The molecule has 35 heavy (non-hydrogen) atoms. The summed E-state index contributed by atoms with van der Waals surface area (Å²) in [5, 5.41) is 0. The molecule has 0 aromatic carbocycles. The van der Waals surface area contributed by atoms with Crippen molar-refractivity contribution in [3.63, 3.8) is 0 Å². The smallest absolute Gasteiger partial charge is 0.224 e. The highest BCUT2D eigenvalue weighted by molar-refractivity contribution is 6.22. The monoisotopic (exact) mass is 486 g/mol. The van der Waals surface area contributed by atoms with Crippen LogP contribution in [-0.4, -0.2) is 68.2 Å². The number of Topliss-reactive ketones (excluding diaryl/α,β-unsaturated/α-hetero) is 1. The van der Waals surface area contributed by atoms with Gasteiger partial charge < -0.3 is 9.64 Å². The molecule has 5 nitrogen and oxygen atoms in total. The molecule has 1 aliphatic heterocycles. The summed E-state index contributed by atoms with van der Waals surface area (Å²) in [5.74, 6) is 0.0576. The van der Waals surface area contributed by atoms with Crippen LogP contribution in [-0.2, 0) is 14.3 Å². The highest BCUT2D eigenvalue weighted by atomic mass is 16.5. The lowest BCUT2D eigenvalue weighted by Gasteiger charge is -2.33. The third-order valence-corrected chi connectivity index (χ3v) is 7.31. The number of allylic oxidation sites excluding steroid dienone is 4. The number of carbonyl (C=O) groups is 2. The van der Waals surface area contributed by atoms with Gasteiger partial charge in [0.15, 0.2) is 11.5 Å². The Morgan fingerprint density at radius 3 is 1.97 bits per heavy atom. The maximum atomic E-state index is 12.9. The van der Waals surface area contributed by atoms with Crippen LogP contribution in [0.1, 0.15) is 96.8 Å². The minimum atomic E-state index is -0.0883. The molecule has 0 amide bonds. The van der Waals surface area contributed by atoms with Gasteiger partial charge in [0.1, 0.15) is 0 Å². The van der Waals surface area contributed by atoms with E-state index in [1.807, 2.05) is 0 Å². The first-order chi connectivity index (χ1) is 17.1. The summed E-state index contributed by atoms with van der Waals surface area (Å²) in [6.07, 6.45) is 23.0. The molecular formula is C30H50N2O3. The molecule has 0 unspecified atom stereocenters. The first-order valence-electron chi connectivity index (χ1n) is 14.2. The zero-order valence-electron chi connectivity index (χ0n) is 22.8. The van der Waals surface area contributed by atoms with Crippen molar-refractivity contribution in [2.45, 2.75) is 96.8 Å². The fourth-order valence-electron chi connectivity index (χ4n) is 4.90. The van der Waals surface area contributed by atoms with Crippen molar-refractivity contribution in [1.82, 2.24) is 9.80 Å². The molecule has 1 fully saturated rings. The molecule has 0 N–H and O–H groups in total. The number of carbonyl (C=O) groups excluding carboxylic acids is 2. The van der Waals surface area contributed by atoms with Gasteiger partial charge >= 0.3 is 0 Å². The Morgan fingerprint density at radius 2 is 1.37 bits per heavy atom. The highest BCUT2D eigenvalue weighted by Crippen LogP contribution is 2.26. The number of piperazine rings is 1. The van der Waals surface area contributed by atoms with Crippen molar-refractivity contribution in [3.8, 4) is 0 Å². The summed E-state index contributed by atoms with van der Waals surface area (Å²) < 4.78 is 5.22. The summed E-state index contributed by atoms with van der Waals surface area (Å²) in [7, 11) is 3.60. The van der Waals surface area contributed by atoms with Crippen LogP contribution in [0.2, 0.25) is 0 Å². The second-order valence-electron chi connectivity index (χ2n) is 10.3. The molecule has 0 spiro atoms. The van der Waals surface area contributed by atoms with Gasteiger partial charge in [-0.05, 0) is 45.6 Å². The maximum absolute atomic E-state index is 12.9. The van der Waals surface area contributed by atoms with Gasteiger partial charge in [-0.3, -0.25) is 14.5 Å². The zero-order chi connectivity index (χ0) is 25.3. The van der Waals surface area contributed by atoms with Crippen molar-refractivity contribution in [2.24, 2.45) is 0 Å². The number of ether oxygens (including phenoxy) is 1. The van der Waals surface area contributed by atoms with Crippen LogP contribution in [0.5, 0.6) is 0 Å². The molecule has 0 atom stereocenters. The van der Waals surface area contributed by atoms with Crippen LogP contribution >= 0.6 is 0 Å². The van der Waals surface area contributed by atoms with E-state index in [4.69, 9.17) is 4.74 Å². The molecular weight excluding hydrogens is 436 g/mol. The number of hydrogen-bond acceptors (Lipinski definition) is 5. The van der Waals surface area contributed by atoms with Crippen LogP contribution in [0.3, 0.4) is 0 Å². The summed E-state index contributed by atoms with van der Waals surface area (Å²) in [4.78, 5) is 30.4. The van der Waals surface area contributed by atoms with Gasteiger partial charge in [-0.2, -0.15) is 0 Å². The third-order valence-electron chi connectivity index (χ3n) is 7.31. The Kier molecular flexibility index (Phi) is 14.9. The molecule has 5 heteroatoms. The van der Waals surface area contributed by atoms with E-state index in [9.17, 15) is 9.59 Å². The van der Waals surface area contributed by atoms with Crippen molar-refractivity contribution in [1.29, 1.82) is 0 Å². The number of methoxy groups -OCH3 is 1. The second kappa shape index (κ2) is 17.7. The molecule has 0 aromatic heterocycles. The fourth-order valence-corrected chi connectivity index (χ4v) is 4.90. The molecule has 1 aliphatic carbocycles. The maximum Gasteiger partial charge on any atom is 0.224 e. The number of ketones is 2. The van der Waals surface area contributed by atoms with Gasteiger partial charge in [-0.25, -0.2) is 0 Å². The van der Waals surface area contributed by atoms with Gasteiger partial charge in [0.05, 0.1) is 7.11 Å². The highest BCUT2D eigenvalue weighted by Gasteiger charge is 2.30. The first-order valence-corrected chi connectivity index (χ1v) is 14.2. The van der Waals surface area contributed by atoms with E-state index >= 15 is 0 Å². The Labute approximate surface area is 214 Å². The largest absolute Gasteiger partial charge is 0.493 e. The lowest BCUT2D eigenvalue weighted by Crippen LogP contribution is -2.46. The molecule has 2 rings (SSSR count). The number of rotatable bonds is 18. The second-order valence-corrected chi connectivity index (χ2v) is 10.3. The van der Waals surface area contributed by atoms with E-state index in [1.54, 1.807) is 0 Å². The van der Waals surface area contributed by atoms with Crippen molar-refractivity contribution in [3.05, 3.63) is 35.1 Å². The van der Waals surface area contributed by atoms with E-state index in [0.717, 1.165) is 39.0 Å². The molecule has 0 aromatic rings. The van der Waals surface area contributed by atoms with Crippen molar-refractivity contribution < 1.29 is 14.3 Å². The Hall–Kier alpha value is -1.72. The summed E-state index contributed by atoms with van der Waals surface area (Å²) in [5.41, 5.74) is 1.38. The van der Waals surface area contributed by atoms with Gasteiger partial charge in [0, 0.05) is 49.9 Å². The summed E-state index contributed by atoms with van der Waals surface area (Å²) in [6.45, 7) is 6.70. The van der Waals surface area contributed by atoms with E-state index in [0.29, 0.717) is 24.1 Å².